The maximum Gasteiger partial charge on any atom is 0.272 e. The fraction of sp³-hybridized carbons (Fsp3) is 0. The lowest BCUT2D eigenvalue weighted by atomic mass is 10.1. The maximum absolute atomic E-state index is 11.7. The second-order valence-corrected chi connectivity index (χ2v) is 3.71. The third kappa shape index (κ3) is 1.24. The number of nitrogens with two attached hydrogens (primary N) is 1. The Balaban J connectivity index is 2.49. The van der Waals surface area contributed by atoms with Gasteiger partial charge in [0.2, 0.25) is 0 Å². The minimum atomic E-state index is -0.581. The van der Waals surface area contributed by atoms with Gasteiger partial charge in [0.05, 0.1) is 11.8 Å². The number of carbonyl (C=O) groups is 2. The number of H-pyrrole nitrogens is 1. The topological polar surface area (TPSA) is 100 Å². The molecule has 0 fully saturated rings. The maximum atomic E-state index is 11.7. The quantitative estimate of drug-likeness (QED) is 0.655. The first kappa shape index (κ1) is 9.59. The minimum Gasteiger partial charge on any atom is -0.364 e. The van der Waals surface area contributed by atoms with E-state index in [9.17, 15) is 9.59 Å². The fourth-order valence-electron chi connectivity index (χ4n) is 2.00. The molecule has 1 aliphatic heterocycles. The molecule has 4 N–H and O–H groups in total. The average Bonchev–Trinajstić information content (AvgIpc) is 2.59. The predicted octanol–water partition coefficient (Wildman–Crippen LogP) is 0.344. The van der Waals surface area contributed by atoms with Crippen LogP contribution < -0.4 is 11.2 Å². The van der Waals surface area contributed by atoms with Gasteiger partial charge in [0.1, 0.15) is 5.69 Å². The zero-order valence-corrected chi connectivity index (χ0v) is 8.65. The van der Waals surface area contributed by atoms with Crippen LogP contribution in [-0.4, -0.2) is 23.0 Å². The van der Waals surface area contributed by atoms with E-state index in [2.05, 4.69) is 15.5 Å². The summed E-state index contributed by atoms with van der Waals surface area (Å²) in [4.78, 5) is 25.9. The first-order valence-electron chi connectivity index (χ1n) is 4.96. The Morgan fingerprint density at radius 1 is 1.35 bits per heavy atom. The van der Waals surface area contributed by atoms with E-state index < -0.39 is 5.91 Å². The molecule has 17 heavy (non-hydrogen) atoms. The Hall–Kier alpha value is -2.63. The smallest absolute Gasteiger partial charge is 0.272 e. The Morgan fingerprint density at radius 2 is 2.18 bits per heavy atom. The van der Waals surface area contributed by atoms with Crippen LogP contribution >= 0.6 is 0 Å². The molecule has 0 radical (unpaired) electrons. The SMILES string of the molecule is NC(=O)c1[nH]c2cccc3c2c1C=NNC3=O. The standard InChI is InChI=1S/C11H8N4O2/c12-10(16)9-6-4-13-15-11(17)5-2-1-3-7(14-9)8(5)6/h1-4,14H,(H2,12,16)(H,15,17). The fourth-order valence-corrected chi connectivity index (χ4v) is 2.00. The van der Waals surface area contributed by atoms with Gasteiger partial charge in [0.15, 0.2) is 0 Å². The number of aromatic amines is 1. The van der Waals surface area contributed by atoms with Gasteiger partial charge in [-0.05, 0) is 12.1 Å². The van der Waals surface area contributed by atoms with E-state index in [4.69, 9.17) is 5.73 Å². The van der Waals surface area contributed by atoms with Crippen molar-refractivity contribution in [3.8, 4) is 0 Å². The lowest BCUT2D eigenvalue weighted by Crippen LogP contribution is -2.16. The van der Waals surface area contributed by atoms with Crippen molar-refractivity contribution in [2.24, 2.45) is 10.8 Å². The van der Waals surface area contributed by atoms with E-state index in [1.54, 1.807) is 18.2 Å². The van der Waals surface area contributed by atoms with Gasteiger partial charge in [-0.3, -0.25) is 9.59 Å². The van der Waals surface area contributed by atoms with Crippen molar-refractivity contribution < 1.29 is 9.59 Å². The number of hydrogen-bond donors (Lipinski definition) is 3. The number of rotatable bonds is 1. The summed E-state index contributed by atoms with van der Waals surface area (Å²) in [5, 5.41) is 4.42. The van der Waals surface area contributed by atoms with E-state index in [0.717, 1.165) is 0 Å². The van der Waals surface area contributed by atoms with Crippen LogP contribution in [0, 0.1) is 0 Å². The molecule has 0 unspecified atom stereocenters. The third-order valence-electron chi connectivity index (χ3n) is 2.71. The first-order chi connectivity index (χ1) is 8.18. The lowest BCUT2D eigenvalue weighted by molar-refractivity contribution is 0.0955. The van der Waals surface area contributed by atoms with Gasteiger partial charge in [0.25, 0.3) is 11.8 Å². The van der Waals surface area contributed by atoms with E-state index in [1.807, 2.05) is 0 Å². The molecule has 0 aliphatic carbocycles. The molecular formula is C11H8N4O2. The Kier molecular flexibility index (Phi) is 1.79. The van der Waals surface area contributed by atoms with Gasteiger partial charge in [0, 0.05) is 16.5 Å². The number of amides is 2. The molecule has 6 nitrogen and oxygen atoms in total. The van der Waals surface area contributed by atoms with Gasteiger partial charge < -0.3 is 10.7 Å². The van der Waals surface area contributed by atoms with Crippen molar-refractivity contribution in [1.82, 2.24) is 10.4 Å². The summed E-state index contributed by atoms with van der Waals surface area (Å²) in [7, 11) is 0. The van der Waals surface area contributed by atoms with Crippen LogP contribution in [0.5, 0.6) is 0 Å². The highest BCUT2D eigenvalue weighted by Gasteiger charge is 2.21. The van der Waals surface area contributed by atoms with Gasteiger partial charge in [-0.25, -0.2) is 5.43 Å². The molecule has 1 aliphatic rings. The Bertz CT molecular complexity index is 684. The van der Waals surface area contributed by atoms with E-state index in [-0.39, 0.29) is 11.6 Å². The number of aromatic nitrogens is 1. The van der Waals surface area contributed by atoms with Crippen LogP contribution in [0.3, 0.4) is 0 Å². The van der Waals surface area contributed by atoms with Gasteiger partial charge in [-0.15, -0.1) is 0 Å². The molecule has 0 atom stereocenters. The normalized spacial score (nSPS) is 13.5. The molecule has 2 amide bonds. The zero-order valence-electron chi connectivity index (χ0n) is 8.65. The highest BCUT2D eigenvalue weighted by atomic mass is 16.2. The molecule has 0 spiro atoms. The highest BCUT2D eigenvalue weighted by molar-refractivity contribution is 6.18. The highest BCUT2D eigenvalue weighted by Crippen LogP contribution is 2.26. The summed E-state index contributed by atoms with van der Waals surface area (Å²) < 4.78 is 0. The number of hydrogen-bond acceptors (Lipinski definition) is 3. The summed E-state index contributed by atoms with van der Waals surface area (Å²) in [6.07, 6.45) is 1.42. The van der Waals surface area contributed by atoms with Crippen molar-refractivity contribution in [1.29, 1.82) is 0 Å². The zero-order chi connectivity index (χ0) is 12.0. The Labute approximate surface area is 95.5 Å². The van der Waals surface area contributed by atoms with E-state index in [0.29, 0.717) is 22.0 Å². The molecular weight excluding hydrogens is 220 g/mol. The van der Waals surface area contributed by atoms with Crippen LogP contribution in [0.25, 0.3) is 10.9 Å². The van der Waals surface area contributed by atoms with Crippen LogP contribution in [0.15, 0.2) is 23.3 Å². The summed E-state index contributed by atoms with van der Waals surface area (Å²) >= 11 is 0. The van der Waals surface area contributed by atoms with Crippen molar-refractivity contribution in [3.63, 3.8) is 0 Å². The van der Waals surface area contributed by atoms with Crippen molar-refractivity contribution in [3.05, 3.63) is 35.0 Å². The predicted molar refractivity (Wildman–Crippen MR) is 61.9 cm³/mol. The molecule has 0 bridgehead atoms. The number of benzene rings is 1. The summed E-state index contributed by atoms with van der Waals surface area (Å²) in [6.45, 7) is 0. The average molecular weight is 228 g/mol. The van der Waals surface area contributed by atoms with Gasteiger partial charge >= 0.3 is 0 Å². The van der Waals surface area contributed by atoms with Crippen molar-refractivity contribution in [2.75, 3.05) is 0 Å². The second-order valence-electron chi connectivity index (χ2n) is 3.71. The summed E-state index contributed by atoms with van der Waals surface area (Å²) in [5.41, 5.74) is 9.61. The minimum absolute atomic E-state index is 0.257. The number of nitrogens with one attached hydrogen (secondary N) is 2. The van der Waals surface area contributed by atoms with Crippen molar-refractivity contribution >= 4 is 28.9 Å². The van der Waals surface area contributed by atoms with Gasteiger partial charge in [-0.2, -0.15) is 5.10 Å². The molecule has 2 heterocycles. The Morgan fingerprint density at radius 3 is 2.94 bits per heavy atom. The van der Waals surface area contributed by atoms with Gasteiger partial charge in [-0.1, -0.05) is 6.07 Å². The lowest BCUT2D eigenvalue weighted by Gasteiger charge is -1.98. The summed E-state index contributed by atoms with van der Waals surface area (Å²) in [6, 6.07) is 5.18. The molecule has 0 saturated heterocycles. The van der Waals surface area contributed by atoms with E-state index in [1.165, 1.54) is 6.21 Å². The first-order valence-corrected chi connectivity index (χ1v) is 4.96. The molecule has 84 valence electrons. The third-order valence-corrected chi connectivity index (χ3v) is 2.71. The monoisotopic (exact) mass is 228 g/mol. The molecule has 1 aromatic heterocycles. The van der Waals surface area contributed by atoms with E-state index >= 15 is 0 Å². The number of nitrogens with zero attached hydrogens (tertiary/aromatic N) is 1. The number of primary amides is 1. The molecule has 3 rings (SSSR count). The second kappa shape index (κ2) is 3.18. The number of carbonyl (C=O) groups excluding carboxylic acids is 2. The molecule has 6 heteroatoms. The largest absolute Gasteiger partial charge is 0.364 e. The molecule has 0 saturated carbocycles. The van der Waals surface area contributed by atoms with Crippen LogP contribution in [0.2, 0.25) is 0 Å². The van der Waals surface area contributed by atoms with Crippen LogP contribution in [0.1, 0.15) is 26.4 Å². The van der Waals surface area contributed by atoms with Crippen molar-refractivity contribution in [2.45, 2.75) is 0 Å². The molecule has 2 aromatic rings. The van der Waals surface area contributed by atoms with Crippen LogP contribution in [-0.2, 0) is 0 Å². The van der Waals surface area contributed by atoms with Crippen LogP contribution in [0.4, 0.5) is 0 Å². The number of hydrazone groups is 1. The molecule has 1 aromatic carbocycles. The summed E-state index contributed by atoms with van der Waals surface area (Å²) in [5.74, 6) is -0.886.